The Labute approximate surface area is 80.8 Å². The fourth-order valence-corrected chi connectivity index (χ4v) is 1.70. The highest BCUT2D eigenvalue weighted by molar-refractivity contribution is 5.63. The van der Waals surface area contributed by atoms with E-state index in [0.717, 1.165) is 23.7 Å². The number of imidazole rings is 1. The number of hydrogen-bond donors (Lipinski definition) is 2. The maximum Gasteiger partial charge on any atom is 0.207 e. The largest absolute Gasteiger partial charge is 0.508 e. The Morgan fingerprint density at radius 1 is 1.43 bits per heavy atom. The van der Waals surface area contributed by atoms with Crippen LogP contribution in [0.5, 0.6) is 5.75 Å². The van der Waals surface area contributed by atoms with Crippen molar-refractivity contribution in [3.8, 4) is 5.75 Å². The third-order valence-corrected chi connectivity index (χ3v) is 2.39. The molecule has 1 aliphatic rings. The van der Waals surface area contributed by atoms with Crippen LogP contribution in [0.3, 0.4) is 0 Å². The molecule has 0 aliphatic carbocycles. The maximum atomic E-state index is 9.33. The van der Waals surface area contributed by atoms with Gasteiger partial charge in [-0.3, -0.25) is 0 Å². The normalized spacial score (nSPS) is 12.9. The van der Waals surface area contributed by atoms with E-state index in [1.54, 1.807) is 18.3 Å². The molecule has 0 bridgehead atoms. The van der Waals surface area contributed by atoms with Gasteiger partial charge >= 0.3 is 0 Å². The zero-order valence-electron chi connectivity index (χ0n) is 7.44. The van der Waals surface area contributed by atoms with Crippen molar-refractivity contribution in [3.05, 3.63) is 36.2 Å². The summed E-state index contributed by atoms with van der Waals surface area (Å²) in [5, 5.41) is 12.5. The quantitative estimate of drug-likeness (QED) is 0.526. The van der Waals surface area contributed by atoms with Gasteiger partial charge in [-0.15, -0.1) is 0 Å². The number of rotatable bonds is 0. The summed E-state index contributed by atoms with van der Waals surface area (Å²) in [6.45, 7) is 0.756. The van der Waals surface area contributed by atoms with Crippen molar-refractivity contribution in [2.75, 3.05) is 5.32 Å². The van der Waals surface area contributed by atoms with Crippen LogP contribution in [0.15, 0.2) is 30.6 Å². The molecule has 70 valence electrons. The molecule has 0 amide bonds. The van der Waals surface area contributed by atoms with E-state index in [4.69, 9.17) is 0 Å². The number of nitrogens with one attached hydrogen (secondary N) is 1. The molecule has 2 N–H and O–H groups in total. The molecule has 1 aromatic heterocycles. The lowest BCUT2D eigenvalue weighted by molar-refractivity contribution is 0.474. The van der Waals surface area contributed by atoms with Gasteiger partial charge in [-0.05, 0) is 23.8 Å². The lowest BCUT2D eigenvalue weighted by atomic mass is 10.1. The molecule has 2 heterocycles. The minimum atomic E-state index is 0.300. The minimum Gasteiger partial charge on any atom is -0.508 e. The van der Waals surface area contributed by atoms with Gasteiger partial charge in [0, 0.05) is 18.1 Å². The Bertz CT molecular complexity index is 490. The lowest BCUT2D eigenvalue weighted by Gasteiger charge is -2.19. The maximum absolute atomic E-state index is 9.33. The van der Waals surface area contributed by atoms with Gasteiger partial charge in [0.1, 0.15) is 5.75 Å². The predicted octanol–water partition coefficient (Wildman–Crippen LogP) is 1.69. The van der Waals surface area contributed by atoms with Gasteiger partial charge in [0.05, 0.1) is 6.54 Å². The fraction of sp³-hybridized carbons (Fsp3) is 0.100. The van der Waals surface area contributed by atoms with Crippen LogP contribution in [0.25, 0.3) is 0 Å². The molecule has 0 saturated heterocycles. The van der Waals surface area contributed by atoms with Crippen molar-refractivity contribution >= 4 is 11.6 Å². The summed E-state index contributed by atoms with van der Waals surface area (Å²) in [5.74, 6) is 1.15. The Morgan fingerprint density at radius 3 is 3.29 bits per heavy atom. The highest BCUT2D eigenvalue weighted by atomic mass is 16.3. The van der Waals surface area contributed by atoms with E-state index >= 15 is 0 Å². The summed E-state index contributed by atoms with van der Waals surface area (Å²) < 4.78 is 2.00. The van der Waals surface area contributed by atoms with Crippen LogP contribution in [0.1, 0.15) is 5.56 Å². The van der Waals surface area contributed by atoms with Gasteiger partial charge in [0.25, 0.3) is 0 Å². The Balaban J connectivity index is 2.12. The predicted molar refractivity (Wildman–Crippen MR) is 52.7 cm³/mol. The first kappa shape index (κ1) is 7.44. The minimum absolute atomic E-state index is 0.300. The highest BCUT2D eigenvalue weighted by Crippen LogP contribution is 2.29. The molecule has 4 heteroatoms. The van der Waals surface area contributed by atoms with Crippen LogP contribution in [0, 0.1) is 0 Å². The molecule has 0 saturated carbocycles. The summed E-state index contributed by atoms with van der Waals surface area (Å²) in [7, 11) is 0. The molecule has 1 aliphatic heterocycles. The molecule has 14 heavy (non-hydrogen) atoms. The van der Waals surface area contributed by atoms with Crippen molar-refractivity contribution in [2.24, 2.45) is 0 Å². The number of aromatic nitrogens is 2. The van der Waals surface area contributed by atoms with Gasteiger partial charge in [-0.25, -0.2) is 4.98 Å². The topological polar surface area (TPSA) is 50.1 Å². The van der Waals surface area contributed by atoms with Crippen molar-refractivity contribution in [2.45, 2.75) is 6.54 Å². The number of phenolic OH excluding ortho intramolecular Hbond substituents is 1. The molecule has 3 rings (SSSR count). The van der Waals surface area contributed by atoms with E-state index in [0.29, 0.717) is 5.75 Å². The summed E-state index contributed by atoms with van der Waals surface area (Å²) in [6, 6.07) is 5.30. The fourth-order valence-electron chi connectivity index (χ4n) is 1.70. The van der Waals surface area contributed by atoms with Crippen molar-refractivity contribution in [1.82, 2.24) is 9.55 Å². The third kappa shape index (κ3) is 0.970. The number of aromatic hydroxyl groups is 1. The van der Waals surface area contributed by atoms with Crippen molar-refractivity contribution in [1.29, 1.82) is 0 Å². The van der Waals surface area contributed by atoms with Crippen LogP contribution in [0.4, 0.5) is 11.6 Å². The second kappa shape index (κ2) is 2.51. The van der Waals surface area contributed by atoms with Gasteiger partial charge in [0.2, 0.25) is 5.95 Å². The standard InChI is InChI=1S/C10H9N3O/c14-8-1-2-9-7(5-8)6-13-4-3-11-10(13)12-9/h1-5,14H,6H2,(H,11,12). The average Bonchev–Trinajstić information content (AvgIpc) is 2.61. The zero-order chi connectivity index (χ0) is 9.54. The van der Waals surface area contributed by atoms with E-state index in [1.807, 2.05) is 16.8 Å². The molecule has 4 nitrogen and oxygen atoms in total. The van der Waals surface area contributed by atoms with Gasteiger partial charge in [0.15, 0.2) is 0 Å². The molecule has 0 fully saturated rings. The summed E-state index contributed by atoms with van der Waals surface area (Å²) in [5.41, 5.74) is 2.09. The smallest absolute Gasteiger partial charge is 0.207 e. The number of benzene rings is 1. The first-order valence-electron chi connectivity index (χ1n) is 4.43. The number of fused-ring (bicyclic) bond motifs is 2. The summed E-state index contributed by atoms with van der Waals surface area (Å²) >= 11 is 0. The molecule has 2 aromatic rings. The zero-order valence-corrected chi connectivity index (χ0v) is 7.44. The van der Waals surface area contributed by atoms with Crippen LogP contribution in [0.2, 0.25) is 0 Å². The van der Waals surface area contributed by atoms with Crippen LogP contribution >= 0.6 is 0 Å². The van der Waals surface area contributed by atoms with Gasteiger partial charge in [-0.2, -0.15) is 0 Å². The molecular weight excluding hydrogens is 178 g/mol. The van der Waals surface area contributed by atoms with Crippen LogP contribution in [-0.4, -0.2) is 14.7 Å². The summed E-state index contributed by atoms with van der Waals surface area (Å²) in [4.78, 5) is 4.17. The van der Waals surface area contributed by atoms with Crippen LogP contribution < -0.4 is 5.32 Å². The molecule has 0 unspecified atom stereocenters. The molecule has 0 radical (unpaired) electrons. The molecule has 1 aromatic carbocycles. The van der Waals surface area contributed by atoms with E-state index < -0.39 is 0 Å². The number of anilines is 2. The Morgan fingerprint density at radius 2 is 2.36 bits per heavy atom. The van der Waals surface area contributed by atoms with E-state index in [9.17, 15) is 5.11 Å². The number of nitrogens with zero attached hydrogens (tertiary/aromatic N) is 2. The molecule has 0 spiro atoms. The molecule has 0 atom stereocenters. The SMILES string of the molecule is Oc1ccc2c(c1)Cn1ccnc1N2. The average molecular weight is 187 g/mol. The van der Waals surface area contributed by atoms with Gasteiger partial charge in [-0.1, -0.05) is 0 Å². The second-order valence-electron chi connectivity index (χ2n) is 3.35. The second-order valence-corrected chi connectivity index (χ2v) is 3.35. The number of hydrogen-bond acceptors (Lipinski definition) is 3. The number of phenols is 1. The first-order chi connectivity index (χ1) is 6.83. The van der Waals surface area contributed by atoms with E-state index in [2.05, 4.69) is 10.3 Å². The monoisotopic (exact) mass is 187 g/mol. The van der Waals surface area contributed by atoms with Crippen molar-refractivity contribution in [3.63, 3.8) is 0 Å². The Kier molecular flexibility index (Phi) is 1.33. The molecular formula is C10H9N3O. The first-order valence-corrected chi connectivity index (χ1v) is 4.43. The third-order valence-electron chi connectivity index (χ3n) is 2.39. The lowest BCUT2D eigenvalue weighted by Crippen LogP contribution is -2.12. The Hall–Kier alpha value is -1.97. The van der Waals surface area contributed by atoms with Gasteiger partial charge < -0.3 is 15.0 Å². The van der Waals surface area contributed by atoms with Crippen molar-refractivity contribution < 1.29 is 5.11 Å². The van der Waals surface area contributed by atoms with E-state index in [1.165, 1.54) is 0 Å². The van der Waals surface area contributed by atoms with Crippen LogP contribution in [-0.2, 0) is 6.54 Å². The van der Waals surface area contributed by atoms with E-state index in [-0.39, 0.29) is 0 Å². The summed E-state index contributed by atoms with van der Waals surface area (Å²) in [6.07, 6.45) is 3.67. The highest BCUT2D eigenvalue weighted by Gasteiger charge is 2.14.